The highest BCUT2D eigenvalue weighted by Crippen LogP contribution is 2.31. The van der Waals surface area contributed by atoms with Gasteiger partial charge in [0.05, 0.1) is 5.57 Å². The molecule has 29 heavy (non-hydrogen) atoms. The van der Waals surface area contributed by atoms with Gasteiger partial charge in [-0.1, -0.05) is 85.8 Å². The predicted octanol–water partition coefficient (Wildman–Crippen LogP) is 5.06. The zero-order valence-corrected chi connectivity index (χ0v) is 18.5. The average Bonchev–Trinajstić information content (AvgIpc) is 3.16. The Balaban J connectivity index is 1.98. The number of benzene rings is 1. The van der Waals surface area contributed by atoms with Crippen LogP contribution in [-0.2, 0) is 14.6 Å². The first-order valence-corrected chi connectivity index (χ1v) is 12.1. The van der Waals surface area contributed by atoms with Crippen molar-refractivity contribution in [3.8, 4) is 6.07 Å². The largest absolute Gasteiger partial charge is 0.402 e. The maximum absolute atomic E-state index is 12.0. The molecule has 1 aliphatic rings. The van der Waals surface area contributed by atoms with E-state index in [1.807, 2.05) is 31.2 Å². The fraction of sp³-hybridized carbons (Fsp3) is 0.429. The lowest BCUT2D eigenvalue weighted by molar-refractivity contribution is 0.331. The second kappa shape index (κ2) is 11.8. The van der Waals surface area contributed by atoms with Crippen molar-refractivity contribution in [3.63, 3.8) is 0 Å². The molecule has 0 radical (unpaired) electrons. The van der Waals surface area contributed by atoms with Gasteiger partial charge in [0.1, 0.15) is 6.07 Å². The van der Waals surface area contributed by atoms with E-state index in [2.05, 4.69) is 22.9 Å². The number of nitrogens with one attached hydrogen (secondary N) is 1. The molecule has 0 aromatic heterocycles. The van der Waals surface area contributed by atoms with E-state index < -0.39 is 10.3 Å². The van der Waals surface area contributed by atoms with Gasteiger partial charge in [0.25, 0.3) is 0 Å². The molecule has 0 fully saturated rings. The molecule has 0 amide bonds. The second-order valence-electron chi connectivity index (χ2n) is 6.77. The highest BCUT2D eigenvalue weighted by molar-refractivity contribution is 8.17. The van der Waals surface area contributed by atoms with Gasteiger partial charge in [-0.25, -0.2) is 0 Å². The van der Waals surface area contributed by atoms with Crippen LogP contribution >= 0.6 is 11.8 Å². The van der Waals surface area contributed by atoms with Gasteiger partial charge in [0, 0.05) is 12.1 Å². The first kappa shape index (κ1) is 23.2. The molecular formula is C21H27N3O3S2. The minimum atomic E-state index is -3.98. The second-order valence-corrected chi connectivity index (χ2v) is 9.01. The van der Waals surface area contributed by atoms with Gasteiger partial charge in [-0.15, -0.1) is 0 Å². The van der Waals surface area contributed by atoms with Crippen LogP contribution in [0, 0.1) is 18.3 Å². The molecule has 156 valence electrons. The fourth-order valence-electron chi connectivity index (χ4n) is 2.77. The molecule has 1 N–H and O–H groups in total. The van der Waals surface area contributed by atoms with Gasteiger partial charge in [-0.2, -0.15) is 18.4 Å². The van der Waals surface area contributed by atoms with Crippen molar-refractivity contribution in [1.29, 1.82) is 5.26 Å². The number of unbranched alkanes of at least 4 members (excludes halogenated alkanes) is 5. The summed E-state index contributed by atoms with van der Waals surface area (Å²) in [7, 11) is -3.98. The molecule has 0 spiro atoms. The van der Waals surface area contributed by atoms with Gasteiger partial charge in [0.15, 0.2) is 5.04 Å². The molecule has 1 aliphatic heterocycles. The molecule has 0 bridgehead atoms. The third-order valence-corrected chi connectivity index (χ3v) is 6.01. The van der Waals surface area contributed by atoms with E-state index in [1.165, 1.54) is 31.0 Å². The van der Waals surface area contributed by atoms with Gasteiger partial charge in [0.2, 0.25) is 0 Å². The first-order valence-electron chi connectivity index (χ1n) is 9.78. The van der Waals surface area contributed by atoms with Crippen molar-refractivity contribution in [2.24, 2.45) is 5.16 Å². The number of hydrogen-bond acceptors (Lipinski definition) is 6. The highest BCUT2D eigenvalue weighted by atomic mass is 32.2. The van der Waals surface area contributed by atoms with Crippen molar-refractivity contribution in [3.05, 3.63) is 52.4 Å². The smallest absolute Gasteiger partial charge is 0.255 e. The number of oxime groups is 1. The van der Waals surface area contributed by atoms with E-state index in [4.69, 9.17) is 4.28 Å². The third-order valence-electron chi connectivity index (χ3n) is 4.39. The quantitative estimate of drug-likeness (QED) is 0.299. The zero-order valence-electron chi connectivity index (χ0n) is 16.8. The summed E-state index contributed by atoms with van der Waals surface area (Å²) in [6.45, 7) is 4.45. The lowest BCUT2D eigenvalue weighted by Gasteiger charge is -2.07. The Morgan fingerprint density at radius 3 is 2.55 bits per heavy atom. The number of rotatable bonds is 11. The Labute approximate surface area is 178 Å². The highest BCUT2D eigenvalue weighted by Gasteiger charge is 2.20. The monoisotopic (exact) mass is 433 g/mol. The Morgan fingerprint density at radius 2 is 1.86 bits per heavy atom. The van der Waals surface area contributed by atoms with Crippen LogP contribution in [0.3, 0.4) is 0 Å². The molecular weight excluding hydrogens is 406 g/mol. The lowest BCUT2D eigenvalue weighted by Crippen LogP contribution is -2.25. The van der Waals surface area contributed by atoms with Crippen LogP contribution in [0.15, 0.2) is 46.5 Å². The number of nitrogens with zero attached hydrogens (tertiary/aromatic N) is 2. The van der Waals surface area contributed by atoms with Crippen LogP contribution < -0.4 is 4.72 Å². The van der Waals surface area contributed by atoms with E-state index in [9.17, 15) is 13.7 Å². The SMILES string of the molecule is CCCCCCCCNS(=O)(=O)O/N=C1\SC=C\C1=C(\C#N)c1ccc(C)cc1. The third kappa shape index (κ3) is 7.69. The Hall–Kier alpha value is -2.08. The molecule has 1 aromatic carbocycles. The molecule has 0 aliphatic carbocycles. The summed E-state index contributed by atoms with van der Waals surface area (Å²) in [5, 5.41) is 15.5. The summed E-state index contributed by atoms with van der Waals surface area (Å²) in [5.41, 5.74) is 2.81. The topological polar surface area (TPSA) is 91.6 Å². The average molecular weight is 434 g/mol. The van der Waals surface area contributed by atoms with E-state index in [0.717, 1.165) is 30.4 Å². The molecule has 8 heteroatoms. The van der Waals surface area contributed by atoms with Crippen molar-refractivity contribution >= 4 is 32.7 Å². The predicted molar refractivity (Wildman–Crippen MR) is 119 cm³/mol. The Kier molecular flexibility index (Phi) is 9.45. The first-order chi connectivity index (χ1) is 14.0. The molecule has 0 saturated heterocycles. The van der Waals surface area contributed by atoms with Gasteiger partial charge < -0.3 is 0 Å². The van der Waals surface area contributed by atoms with E-state index in [-0.39, 0.29) is 0 Å². The van der Waals surface area contributed by atoms with Crippen LogP contribution in [0.2, 0.25) is 0 Å². The number of hydrogen-bond donors (Lipinski definition) is 1. The molecule has 1 aromatic rings. The standard InChI is InChI=1S/C21H27N3O3S2/c1-3-4-5-6-7-8-14-23-29(25,26)27-24-21-19(13-15-28-21)20(16-22)18-11-9-17(2)10-12-18/h9-13,15,23H,3-8,14H2,1-2H3/b20-19+,24-21-. The molecule has 1 heterocycles. The van der Waals surface area contributed by atoms with E-state index in [1.54, 1.807) is 11.5 Å². The minimum Gasteiger partial charge on any atom is -0.255 e. The summed E-state index contributed by atoms with van der Waals surface area (Å²) in [5.74, 6) is 0. The maximum Gasteiger partial charge on any atom is 0.402 e. The van der Waals surface area contributed by atoms with Crippen molar-refractivity contribution in [2.45, 2.75) is 52.4 Å². The molecule has 0 saturated carbocycles. The van der Waals surface area contributed by atoms with Crippen molar-refractivity contribution in [1.82, 2.24) is 4.72 Å². The number of aryl methyl sites for hydroxylation is 1. The number of thioether (sulfide) groups is 1. The van der Waals surface area contributed by atoms with Gasteiger partial charge >= 0.3 is 10.3 Å². The van der Waals surface area contributed by atoms with E-state index >= 15 is 0 Å². The summed E-state index contributed by atoms with van der Waals surface area (Å²) in [6, 6.07) is 9.73. The molecule has 0 atom stereocenters. The van der Waals surface area contributed by atoms with Crippen LogP contribution in [0.5, 0.6) is 0 Å². The summed E-state index contributed by atoms with van der Waals surface area (Å²) >= 11 is 1.22. The van der Waals surface area contributed by atoms with Crippen LogP contribution in [0.25, 0.3) is 5.57 Å². The number of allylic oxidation sites excluding steroid dienone is 2. The van der Waals surface area contributed by atoms with Crippen molar-refractivity contribution in [2.75, 3.05) is 6.54 Å². The Morgan fingerprint density at radius 1 is 1.17 bits per heavy atom. The fourth-order valence-corrected chi connectivity index (χ4v) is 4.15. The van der Waals surface area contributed by atoms with Crippen LogP contribution in [0.4, 0.5) is 0 Å². The molecule has 2 rings (SSSR count). The van der Waals surface area contributed by atoms with E-state index in [0.29, 0.717) is 22.7 Å². The summed E-state index contributed by atoms with van der Waals surface area (Å²) in [6.07, 6.45) is 8.15. The number of nitriles is 1. The normalized spacial score (nSPS) is 16.8. The summed E-state index contributed by atoms with van der Waals surface area (Å²) < 4.78 is 31.2. The lowest BCUT2D eigenvalue weighted by atomic mass is 10.0. The Bertz CT molecular complexity index is 911. The summed E-state index contributed by atoms with van der Waals surface area (Å²) in [4.78, 5) is 0. The van der Waals surface area contributed by atoms with Crippen LogP contribution in [0.1, 0.15) is 56.6 Å². The maximum atomic E-state index is 12.0. The van der Waals surface area contributed by atoms with Gasteiger partial charge in [-0.3, -0.25) is 4.28 Å². The van der Waals surface area contributed by atoms with Crippen molar-refractivity contribution < 1.29 is 12.7 Å². The zero-order chi connectivity index (χ0) is 21.1. The minimum absolute atomic E-state index is 0.320. The molecule has 6 nitrogen and oxygen atoms in total. The molecule has 0 unspecified atom stereocenters. The van der Waals surface area contributed by atoms with Crippen LogP contribution in [-0.4, -0.2) is 20.0 Å². The van der Waals surface area contributed by atoms with Gasteiger partial charge in [-0.05, 0) is 30.4 Å².